The molecule has 1 aliphatic heterocycles. The number of nitrogens with zero attached hydrogens (tertiary/aromatic N) is 3. The molecule has 1 saturated carbocycles. The Hall–Kier alpha value is -1.14. The Morgan fingerprint density at radius 3 is 2.50 bits per heavy atom. The SMILES string of the molecule is Cl.O=C(NCC1CCCCCCC1)c1cn(C2CCNCC2)nn1. The van der Waals surface area contributed by atoms with Crippen molar-refractivity contribution in [3.05, 3.63) is 11.9 Å². The van der Waals surface area contributed by atoms with Crippen LogP contribution < -0.4 is 10.6 Å². The second kappa shape index (κ2) is 9.99. The second-order valence-corrected chi connectivity index (χ2v) is 6.99. The largest absolute Gasteiger partial charge is 0.350 e. The molecule has 1 aromatic heterocycles. The molecule has 1 aromatic rings. The maximum atomic E-state index is 12.3. The van der Waals surface area contributed by atoms with Gasteiger partial charge < -0.3 is 10.6 Å². The van der Waals surface area contributed by atoms with Crippen LogP contribution in [0.5, 0.6) is 0 Å². The van der Waals surface area contributed by atoms with E-state index in [2.05, 4.69) is 20.9 Å². The van der Waals surface area contributed by atoms with Crippen LogP contribution in [0.3, 0.4) is 0 Å². The number of carbonyl (C=O) groups excluding carboxylic acids is 1. The Morgan fingerprint density at radius 1 is 1.12 bits per heavy atom. The maximum Gasteiger partial charge on any atom is 0.273 e. The van der Waals surface area contributed by atoms with Gasteiger partial charge in [0.05, 0.1) is 12.2 Å². The summed E-state index contributed by atoms with van der Waals surface area (Å²) in [7, 11) is 0. The number of hydrogen-bond donors (Lipinski definition) is 2. The van der Waals surface area contributed by atoms with Crippen LogP contribution in [0.25, 0.3) is 0 Å². The molecule has 6 nitrogen and oxygen atoms in total. The third kappa shape index (κ3) is 5.45. The molecule has 1 aliphatic carbocycles. The lowest BCUT2D eigenvalue weighted by Gasteiger charge is -2.22. The van der Waals surface area contributed by atoms with E-state index in [0.717, 1.165) is 32.5 Å². The summed E-state index contributed by atoms with van der Waals surface area (Å²) in [6.45, 7) is 2.79. The Morgan fingerprint density at radius 2 is 1.79 bits per heavy atom. The lowest BCUT2D eigenvalue weighted by molar-refractivity contribution is 0.0939. The van der Waals surface area contributed by atoms with E-state index >= 15 is 0 Å². The molecule has 0 radical (unpaired) electrons. The molecule has 2 N–H and O–H groups in total. The Labute approximate surface area is 150 Å². The van der Waals surface area contributed by atoms with E-state index in [4.69, 9.17) is 0 Å². The second-order valence-electron chi connectivity index (χ2n) is 6.99. The van der Waals surface area contributed by atoms with Gasteiger partial charge in [-0.05, 0) is 44.7 Å². The molecule has 136 valence electrons. The van der Waals surface area contributed by atoms with Crippen molar-refractivity contribution in [3.63, 3.8) is 0 Å². The normalized spacial score (nSPS) is 20.7. The zero-order valence-electron chi connectivity index (χ0n) is 14.4. The highest BCUT2D eigenvalue weighted by Gasteiger charge is 2.19. The van der Waals surface area contributed by atoms with Crippen LogP contribution in [0, 0.1) is 5.92 Å². The molecule has 24 heavy (non-hydrogen) atoms. The van der Waals surface area contributed by atoms with Gasteiger partial charge in [-0.25, -0.2) is 4.68 Å². The van der Waals surface area contributed by atoms with Crippen molar-refractivity contribution in [1.82, 2.24) is 25.6 Å². The summed E-state index contributed by atoms with van der Waals surface area (Å²) >= 11 is 0. The maximum absolute atomic E-state index is 12.3. The van der Waals surface area contributed by atoms with Crippen molar-refractivity contribution in [2.45, 2.75) is 63.8 Å². The third-order valence-corrected chi connectivity index (χ3v) is 5.20. The fourth-order valence-electron chi connectivity index (χ4n) is 3.70. The Balaban J connectivity index is 0.00000208. The number of rotatable bonds is 4. The molecule has 3 rings (SSSR count). The van der Waals surface area contributed by atoms with E-state index in [1.54, 1.807) is 0 Å². The van der Waals surface area contributed by atoms with Crippen LogP contribution in [0.1, 0.15) is 74.3 Å². The van der Waals surface area contributed by atoms with Crippen LogP contribution in [0.15, 0.2) is 6.20 Å². The highest BCUT2D eigenvalue weighted by Crippen LogP contribution is 2.22. The summed E-state index contributed by atoms with van der Waals surface area (Å²) in [5, 5.41) is 14.6. The molecule has 2 fully saturated rings. The molecule has 0 spiro atoms. The van der Waals surface area contributed by atoms with E-state index in [0.29, 0.717) is 17.7 Å². The van der Waals surface area contributed by atoms with Gasteiger partial charge in [-0.2, -0.15) is 0 Å². The number of nitrogens with one attached hydrogen (secondary N) is 2. The molecular formula is C17H30ClN5O. The lowest BCUT2D eigenvalue weighted by atomic mass is 9.91. The van der Waals surface area contributed by atoms with Crippen molar-refractivity contribution in [1.29, 1.82) is 0 Å². The van der Waals surface area contributed by atoms with Gasteiger partial charge in [0, 0.05) is 6.54 Å². The van der Waals surface area contributed by atoms with Gasteiger partial charge in [0.15, 0.2) is 5.69 Å². The molecule has 2 heterocycles. The summed E-state index contributed by atoms with van der Waals surface area (Å²) in [6, 6.07) is 0.371. The van der Waals surface area contributed by atoms with Gasteiger partial charge in [0.25, 0.3) is 5.91 Å². The highest BCUT2D eigenvalue weighted by atomic mass is 35.5. The average Bonchev–Trinajstić information content (AvgIpc) is 3.04. The van der Waals surface area contributed by atoms with E-state index < -0.39 is 0 Å². The van der Waals surface area contributed by atoms with Crippen molar-refractivity contribution in [3.8, 4) is 0 Å². The minimum atomic E-state index is -0.0766. The van der Waals surface area contributed by atoms with Crippen LogP contribution in [0.2, 0.25) is 0 Å². The first-order valence-corrected chi connectivity index (χ1v) is 9.23. The van der Waals surface area contributed by atoms with Crippen molar-refractivity contribution < 1.29 is 4.79 Å². The molecule has 0 atom stereocenters. The molecule has 2 aliphatic rings. The zero-order chi connectivity index (χ0) is 15.9. The molecule has 1 saturated heterocycles. The number of halogens is 1. The smallest absolute Gasteiger partial charge is 0.273 e. The molecular weight excluding hydrogens is 326 g/mol. The summed E-state index contributed by atoms with van der Waals surface area (Å²) in [5.41, 5.74) is 0.453. The highest BCUT2D eigenvalue weighted by molar-refractivity contribution is 5.91. The summed E-state index contributed by atoms with van der Waals surface area (Å²) in [4.78, 5) is 12.3. The van der Waals surface area contributed by atoms with Crippen LogP contribution in [-0.4, -0.2) is 40.5 Å². The van der Waals surface area contributed by atoms with Crippen LogP contribution >= 0.6 is 12.4 Å². The van der Waals surface area contributed by atoms with E-state index in [1.807, 2.05) is 10.9 Å². The van der Waals surface area contributed by atoms with Crippen LogP contribution in [-0.2, 0) is 0 Å². The Kier molecular flexibility index (Phi) is 7.99. The molecule has 0 unspecified atom stereocenters. The van der Waals surface area contributed by atoms with Crippen molar-refractivity contribution >= 4 is 18.3 Å². The number of piperidine rings is 1. The quantitative estimate of drug-likeness (QED) is 0.871. The van der Waals surface area contributed by atoms with Gasteiger partial charge in [0.2, 0.25) is 0 Å². The standard InChI is InChI=1S/C17H29N5O.ClH/c23-17(19-12-14-6-4-2-1-3-5-7-14)16-13-22(21-20-16)15-8-10-18-11-9-15;/h13-15,18H,1-12H2,(H,19,23);1H. The number of amides is 1. The topological polar surface area (TPSA) is 71.8 Å². The molecule has 1 amide bonds. The minimum absolute atomic E-state index is 0. The fourth-order valence-corrected chi connectivity index (χ4v) is 3.70. The van der Waals surface area contributed by atoms with Gasteiger partial charge in [-0.3, -0.25) is 4.79 Å². The lowest BCUT2D eigenvalue weighted by Crippen LogP contribution is -2.30. The first-order chi connectivity index (χ1) is 11.3. The van der Waals surface area contributed by atoms with E-state index in [9.17, 15) is 4.79 Å². The third-order valence-electron chi connectivity index (χ3n) is 5.20. The van der Waals surface area contributed by atoms with Gasteiger partial charge in [-0.1, -0.05) is 37.3 Å². The van der Waals surface area contributed by atoms with Crippen molar-refractivity contribution in [2.24, 2.45) is 5.92 Å². The zero-order valence-corrected chi connectivity index (χ0v) is 15.2. The average molecular weight is 356 g/mol. The first kappa shape index (κ1) is 19.2. The van der Waals surface area contributed by atoms with E-state index in [1.165, 1.54) is 44.9 Å². The summed E-state index contributed by atoms with van der Waals surface area (Å²) in [6.07, 6.45) is 13.0. The Bertz CT molecular complexity index is 493. The van der Waals surface area contributed by atoms with Gasteiger partial charge in [0.1, 0.15) is 0 Å². The van der Waals surface area contributed by atoms with Gasteiger partial charge >= 0.3 is 0 Å². The summed E-state index contributed by atoms with van der Waals surface area (Å²) < 4.78 is 1.87. The predicted molar refractivity (Wildman–Crippen MR) is 96.6 cm³/mol. The van der Waals surface area contributed by atoms with Crippen molar-refractivity contribution in [2.75, 3.05) is 19.6 Å². The molecule has 0 bridgehead atoms. The first-order valence-electron chi connectivity index (χ1n) is 9.23. The van der Waals surface area contributed by atoms with Gasteiger partial charge in [-0.15, -0.1) is 17.5 Å². The number of aromatic nitrogens is 3. The number of carbonyl (C=O) groups is 1. The molecule has 0 aromatic carbocycles. The van der Waals surface area contributed by atoms with E-state index in [-0.39, 0.29) is 18.3 Å². The summed E-state index contributed by atoms with van der Waals surface area (Å²) in [5.74, 6) is 0.547. The minimum Gasteiger partial charge on any atom is -0.350 e. The number of hydrogen-bond acceptors (Lipinski definition) is 4. The van der Waals surface area contributed by atoms with Crippen LogP contribution in [0.4, 0.5) is 0 Å². The molecule has 7 heteroatoms. The predicted octanol–water partition coefficient (Wildman–Crippen LogP) is 2.71. The fraction of sp³-hybridized carbons (Fsp3) is 0.824. The monoisotopic (exact) mass is 355 g/mol.